The van der Waals surface area contributed by atoms with Gasteiger partial charge in [-0.3, -0.25) is 4.79 Å². The molecule has 1 saturated heterocycles. The quantitative estimate of drug-likeness (QED) is 0.738. The van der Waals surface area contributed by atoms with E-state index in [-0.39, 0.29) is 11.5 Å². The zero-order valence-corrected chi connectivity index (χ0v) is 9.95. The number of hydrogen-bond acceptors (Lipinski definition) is 4. The minimum absolute atomic E-state index is 0.00931. The molecule has 0 aromatic heterocycles. The van der Waals surface area contributed by atoms with Crippen LogP contribution in [0.4, 0.5) is 0 Å². The number of piperidine rings is 1. The molecular formula is C11H19N3O2. The summed E-state index contributed by atoms with van der Waals surface area (Å²) in [7, 11) is 1.79. The molecule has 5 heteroatoms. The number of rotatable bonds is 2. The molecule has 0 aromatic carbocycles. The first-order valence-corrected chi connectivity index (χ1v) is 5.88. The Labute approximate surface area is 95.8 Å². The molecule has 1 fully saturated rings. The molecule has 1 unspecified atom stereocenters. The lowest BCUT2D eigenvalue weighted by atomic mass is 9.89. The van der Waals surface area contributed by atoms with Gasteiger partial charge in [0.1, 0.15) is 5.71 Å². The van der Waals surface area contributed by atoms with Gasteiger partial charge in [0.15, 0.2) is 5.60 Å². The van der Waals surface area contributed by atoms with Gasteiger partial charge in [0, 0.05) is 26.6 Å². The number of carbonyl (C=O) groups excluding carboxylic acids is 1. The van der Waals surface area contributed by atoms with Gasteiger partial charge in [-0.05, 0) is 26.3 Å². The second-order valence-corrected chi connectivity index (χ2v) is 4.59. The summed E-state index contributed by atoms with van der Waals surface area (Å²) < 4.78 is 0. The molecule has 90 valence electrons. The predicted molar refractivity (Wildman–Crippen MR) is 61.3 cm³/mol. The van der Waals surface area contributed by atoms with Crippen LogP contribution in [0.25, 0.3) is 0 Å². The minimum atomic E-state index is -0.252. The van der Waals surface area contributed by atoms with Gasteiger partial charge >= 0.3 is 0 Å². The number of oxime groups is 1. The van der Waals surface area contributed by atoms with Crippen molar-refractivity contribution in [3.05, 3.63) is 0 Å². The van der Waals surface area contributed by atoms with Gasteiger partial charge in [-0.15, -0.1) is 0 Å². The normalized spacial score (nSPS) is 28.8. The largest absolute Gasteiger partial charge is 0.387 e. The summed E-state index contributed by atoms with van der Waals surface area (Å²) in [5.41, 5.74) is 0.311. The number of carbonyl (C=O) groups is 1. The molecule has 0 radical (unpaired) electrons. The molecule has 0 aliphatic carbocycles. The summed E-state index contributed by atoms with van der Waals surface area (Å²) in [6, 6.07) is 0. The van der Waals surface area contributed by atoms with E-state index in [9.17, 15) is 4.79 Å². The summed E-state index contributed by atoms with van der Waals surface area (Å²) in [6.07, 6.45) is 2.71. The van der Waals surface area contributed by atoms with Gasteiger partial charge in [-0.1, -0.05) is 5.16 Å². The third-order valence-corrected chi connectivity index (χ3v) is 3.34. The first kappa shape index (κ1) is 11.4. The second kappa shape index (κ2) is 4.41. The smallest absolute Gasteiger partial charge is 0.271 e. The number of hydrogen-bond donors (Lipinski definition) is 1. The Bertz CT molecular complexity index is 308. The average Bonchev–Trinajstić information content (AvgIpc) is 2.72. The molecule has 1 amide bonds. The van der Waals surface area contributed by atoms with Crippen LogP contribution in [0.2, 0.25) is 0 Å². The molecule has 1 atom stereocenters. The Morgan fingerprint density at radius 2 is 2.50 bits per heavy atom. The molecule has 0 saturated carbocycles. The van der Waals surface area contributed by atoms with Crippen LogP contribution < -0.4 is 5.32 Å². The fourth-order valence-corrected chi connectivity index (χ4v) is 2.17. The molecule has 16 heavy (non-hydrogen) atoms. The van der Waals surface area contributed by atoms with Crippen LogP contribution in [0.5, 0.6) is 0 Å². The maximum absolute atomic E-state index is 11.9. The van der Waals surface area contributed by atoms with Crippen LogP contribution in [0.15, 0.2) is 5.16 Å². The molecule has 2 heterocycles. The van der Waals surface area contributed by atoms with E-state index in [2.05, 4.69) is 10.5 Å². The number of amides is 1. The van der Waals surface area contributed by atoms with Gasteiger partial charge in [0.25, 0.3) is 5.91 Å². The van der Waals surface area contributed by atoms with Gasteiger partial charge in [0.2, 0.25) is 0 Å². The van der Waals surface area contributed by atoms with Crippen molar-refractivity contribution in [1.82, 2.24) is 10.2 Å². The Morgan fingerprint density at radius 1 is 1.69 bits per heavy atom. The van der Waals surface area contributed by atoms with Crippen molar-refractivity contribution >= 4 is 11.6 Å². The third kappa shape index (κ3) is 2.04. The summed E-state index contributed by atoms with van der Waals surface area (Å²) in [5, 5.41) is 7.26. The zero-order chi connectivity index (χ0) is 11.6. The maximum Gasteiger partial charge on any atom is 0.271 e. The lowest BCUT2D eigenvalue weighted by Gasteiger charge is -2.31. The highest BCUT2D eigenvalue weighted by Crippen LogP contribution is 2.30. The van der Waals surface area contributed by atoms with Crippen molar-refractivity contribution in [1.29, 1.82) is 0 Å². The Kier molecular flexibility index (Phi) is 3.14. The second-order valence-electron chi connectivity index (χ2n) is 4.59. The van der Waals surface area contributed by atoms with Crippen LogP contribution in [0.1, 0.15) is 26.2 Å². The van der Waals surface area contributed by atoms with E-state index in [1.54, 1.807) is 11.9 Å². The first-order valence-electron chi connectivity index (χ1n) is 5.88. The number of nitrogens with one attached hydrogen (secondary N) is 1. The van der Waals surface area contributed by atoms with Crippen LogP contribution in [-0.2, 0) is 9.63 Å². The van der Waals surface area contributed by atoms with E-state index in [1.165, 1.54) is 0 Å². The molecule has 2 rings (SSSR count). The van der Waals surface area contributed by atoms with E-state index >= 15 is 0 Å². The Morgan fingerprint density at radius 3 is 3.12 bits per heavy atom. The van der Waals surface area contributed by atoms with Gasteiger partial charge in [0.05, 0.1) is 0 Å². The Balaban J connectivity index is 1.98. The van der Waals surface area contributed by atoms with E-state index in [0.29, 0.717) is 18.7 Å². The lowest BCUT2D eigenvalue weighted by Crippen LogP contribution is -2.46. The van der Waals surface area contributed by atoms with Crippen molar-refractivity contribution in [2.24, 2.45) is 5.16 Å². The molecule has 2 aliphatic heterocycles. The van der Waals surface area contributed by atoms with Crippen LogP contribution in [0, 0.1) is 0 Å². The summed E-state index contributed by atoms with van der Waals surface area (Å²) in [6.45, 7) is 4.47. The summed E-state index contributed by atoms with van der Waals surface area (Å²) in [5.74, 6) is -0.00931. The topological polar surface area (TPSA) is 53.9 Å². The highest BCUT2D eigenvalue weighted by Gasteiger charge is 2.42. The molecule has 1 N–H and O–H groups in total. The van der Waals surface area contributed by atoms with Crippen molar-refractivity contribution in [2.45, 2.75) is 31.8 Å². The van der Waals surface area contributed by atoms with Crippen molar-refractivity contribution in [2.75, 3.05) is 26.7 Å². The summed E-state index contributed by atoms with van der Waals surface area (Å²) >= 11 is 0. The predicted octanol–water partition coefficient (Wildman–Crippen LogP) is 0.363. The van der Waals surface area contributed by atoms with Gasteiger partial charge in [-0.2, -0.15) is 0 Å². The standard InChI is InChI=1S/C11H19N3O2/c1-3-14(2)10(15)9-7-11(16-13-9)5-4-6-12-8-11/h12H,3-8H2,1-2H3. The molecule has 5 nitrogen and oxygen atoms in total. The molecule has 0 aromatic rings. The van der Waals surface area contributed by atoms with E-state index < -0.39 is 0 Å². The highest BCUT2D eigenvalue weighted by molar-refractivity contribution is 6.39. The van der Waals surface area contributed by atoms with Crippen molar-refractivity contribution in [3.63, 3.8) is 0 Å². The third-order valence-electron chi connectivity index (χ3n) is 3.34. The van der Waals surface area contributed by atoms with Crippen molar-refractivity contribution in [3.8, 4) is 0 Å². The fraction of sp³-hybridized carbons (Fsp3) is 0.818. The SMILES string of the molecule is CCN(C)C(=O)C1=NOC2(CCCNC2)C1. The summed E-state index contributed by atoms with van der Waals surface area (Å²) in [4.78, 5) is 19.0. The molecule has 0 bridgehead atoms. The zero-order valence-electron chi connectivity index (χ0n) is 9.95. The van der Waals surface area contributed by atoms with E-state index in [4.69, 9.17) is 4.84 Å². The highest BCUT2D eigenvalue weighted by atomic mass is 16.7. The first-order chi connectivity index (χ1) is 7.67. The van der Waals surface area contributed by atoms with E-state index in [0.717, 1.165) is 25.9 Å². The number of nitrogens with zero attached hydrogens (tertiary/aromatic N) is 2. The monoisotopic (exact) mass is 225 g/mol. The van der Waals surface area contributed by atoms with Crippen LogP contribution in [0.3, 0.4) is 0 Å². The van der Waals surface area contributed by atoms with Crippen LogP contribution in [-0.4, -0.2) is 48.8 Å². The van der Waals surface area contributed by atoms with Gasteiger partial charge in [-0.25, -0.2) is 0 Å². The maximum atomic E-state index is 11.9. The lowest BCUT2D eigenvalue weighted by molar-refractivity contribution is -0.122. The molecular weight excluding hydrogens is 206 g/mol. The Hall–Kier alpha value is -1.10. The van der Waals surface area contributed by atoms with Crippen LogP contribution >= 0.6 is 0 Å². The average molecular weight is 225 g/mol. The van der Waals surface area contributed by atoms with E-state index in [1.807, 2.05) is 6.92 Å². The van der Waals surface area contributed by atoms with Crippen molar-refractivity contribution < 1.29 is 9.63 Å². The fourth-order valence-electron chi connectivity index (χ4n) is 2.17. The molecule has 1 spiro atoms. The van der Waals surface area contributed by atoms with Gasteiger partial charge < -0.3 is 15.1 Å². The minimum Gasteiger partial charge on any atom is -0.387 e. The molecule has 2 aliphatic rings.